The summed E-state index contributed by atoms with van der Waals surface area (Å²) in [5, 5.41) is 12.8. The van der Waals surface area contributed by atoms with Gasteiger partial charge in [0.15, 0.2) is 11.0 Å². The molecule has 5 heterocycles. The molecule has 10 heteroatoms. The summed E-state index contributed by atoms with van der Waals surface area (Å²) in [5.74, 6) is 1.94. The Hall–Kier alpha value is -2.95. The van der Waals surface area contributed by atoms with Gasteiger partial charge in [-0.1, -0.05) is 30.0 Å². The van der Waals surface area contributed by atoms with Gasteiger partial charge >= 0.3 is 0 Å². The Morgan fingerprint density at radius 1 is 1.25 bits per heavy atom. The number of hydrogen-bond donors (Lipinski definition) is 2. The molecule has 2 N–H and O–H groups in total. The van der Waals surface area contributed by atoms with Crippen molar-refractivity contribution in [2.24, 2.45) is 0 Å². The first-order valence-electron chi connectivity index (χ1n) is 10.5. The predicted octanol–water partition coefficient (Wildman–Crippen LogP) is 4.20. The molecule has 1 aliphatic rings. The SMILES string of the molecule is O=c1[nH]c(CSc2nnc(-c3c[nH]c4ccccc34)n2CC2CCCO2)nc2ccsc12. The van der Waals surface area contributed by atoms with E-state index < -0.39 is 0 Å². The number of ether oxygens (including phenoxy) is 1. The summed E-state index contributed by atoms with van der Waals surface area (Å²) >= 11 is 2.92. The standard InChI is InChI=1S/C22H20N6O2S2/c29-21-19-17(7-9-31-19)24-18(25-21)12-32-22-27-26-20(28(22)11-13-4-3-8-30-13)15-10-23-16-6-2-1-5-14(15)16/h1-2,5-7,9-10,13,23H,3-4,8,11-12H2,(H,24,25,29). The molecule has 1 saturated heterocycles. The van der Waals surface area contributed by atoms with Crippen LogP contribution in [-0.4, -0.2) is 42.4 Å². The van der Waals surface area contributed by atoms with E-state index in [1.165, 1.54) is 23.1 Å². The number of thioether (sulfide) groups is 1. The lowest BCUT2D eigenvalue weighted by atomic mass is 10.1. The van der Waals surface area contributed by atoms with Crippen LogP contribution in [0.1, 0.15) is 18.7 Å². The molecular weight excluding hydrogens is 444 g/mol. The average molecular weight is 465 g/mol. The summed E-state index contributed by atoms with van der Waals surface area (Å²) in [6.07, 6.45) is 4.23. The maximum atomic E-state index is 12.3. The molecule has 1 unspecified atom stereocenters. The first-order valence-corrected chi connectivity index (χ1v) is 12.3. The first-order chi connectivity index (χ1) is 15.8. The lowest BCUT2D eigenvalue weighted by molar-refractivity contribution is 0.0953. The van der Waals surface area contributed by atoms with Crippen LogP contribution in [0.25, 0.3) is 32.5 Å². The molecule has 0 bridgehead atoms. The van der Waals surface area contributed by atoms with Gasteiger partial charge < -0.3 is 14.7 Å². The molecular formula is C22H20N6O2S2. The Labute approximate surface area is 191 Å². The van der Waals surface area contributed by atoms with Gasteiger partial charge in [-0.3, -0.25) is 9.36 Å². The zero-order chi connectivity index (χ0) is 21.5. The minimum absolute atomic E-state index is 0.0964. The number of aromatic nitrogens is 6. The lowest BCUT2D eigenvalue weighted by Gasteiger charge is -2.14. The van der Waals surface area contributed by atoms with Crippen LogP contribution < -0.4 is 5.56 Å². The highest BCUT2D eigenvalue weighted by Crippen LogP contribution is 2.32. The Morgan fingerprint density at radius 3 is 3.09 bits per heavy atom. The highest BCUT2D eigenvalue weighted by Gasteiger charge is 2.23. The molecule has 0 radical (unpaired) electrons. The Morgan fingerprint density at radius 2 is 2.19 bits per heavy atom. The predicted molar refractivity (Wildman–Crippen MR) is 126 cm³/mol. The molecule has 5 aromatic rings. The summed E-state index contributed by atoms with van der Waals surface area (Å²) < 4.78 is 8.70. The van der Waals surface area contributed by atoms with Crippen LogP contribution in [0.5, 0.6) is 0 Å². The van der Waals surface area contributed by atoms with Crippen LogP contribution in [0.3, 0.4) is 0 Å². The van der Waals surface area contributed by atoms with E-state index in [9.17, 15) is 4.79 Å². The normalized spacial score (nSPS) is 16.4. The van der Waals surface area contributed by atoms with E-state index in [0.717, 1.165) is 52.4 Å². The number of nitrogens with zero attached hydrogens (tertiary/aromatic N) is 4. The van der Waals surface area contributed by atoms with Crippen LogP contribution in [0.4, 0.5) is 0 Å². The van der Waals surface area contributed by atoms with E-state index in [1.807, 2.05) is 29.8 Å². The molecule has 6 rings (SSSR count). The van der Waals surface area contributed by atoms with Crippen LogP contribution in [0.2, 0.25) is 0 Å². The third-order valence-electron chi connectivity index (χ3n) is 5.66. The largest absolute Gasteiger partial charge is 0.376 e. The number of H-pyrrole nitrogens is 2. The summed E-state index contributed by atoms with van der Waals surface area (Å²) in [4.78, 5) is 23.1. The molecule has 0 spiro atoms. The van der Waals surface area contributed by atoms with Crippen LogP contribution >= 0.6 is 23.1 Å². The Bertz CT molecular complexity index is 1460. The van der Waals surface area contributed by atoms with Gasteiger partial charge in [-0.05, 0) is 30.4 Å². The number of para-hydroxylation sites is 1. The van der Waals surface area contributed by atoms with Crippen molar-refractivity contribution in [1.82, 2.24) is 29.7 Å². The second-order valence-corrected chi connectivity index (χ2v) is 9.59. The van der Waals surface area contributed by atoms with Gasteiger partial charge in [0.05, 0.1) is 23.9 Å². The first kappa shape index (κ1) is 19.7. The van der Waals surface area contributed by atoms with Gasteiger partial charge in [0, 0.05) is 29.3 Å². The van der Waals surface area contributed by atoms with E-state index in [1.54, 1.807) is 0 Å². The lowest BCUT2D eigenvalue weighted by Crippen LogP contribution is -2.16. The average Bonchev–Trinajstić information content (AvgIpc) is 3.59. The highest BCUT2D eigenvalue weighted by molar-refractivity contribution is 7.98. The summed E-state index contributed by atoms with van der Waals surface area (Å²) in [6, 6.07) is 10.1. The number of thiophene rings is 1. The highest BCUT2D eigenvalue weighted by atomic mass is 32.2. The summed E-state index contributed by atoms with van der Waals surface area (Å²) in [6.45, 7) is 1.49. The Kier molecular flexibility index (Phi) is 5.05. The third kappa shape index (κ3) is 3.54. The summed E-state index contributed by atoms with van der Waals surface area (Å²) in [7, 11) is 0. The van der Waals surface area contributed by atoms with Crippen molar-refractivity contribution < 1.29 is 4.74 Å². The van der Waals surface area contributed by atoms with Crippen LogP contribution in [0, 0.1) is 0 Å². The molecule has 8 nitrogen and oxygen atoms in total. The van der Waals surface area contributed by atoms with Crippen LogP contribution in [0.15, 0.2) is 51.9 Å². The van der Waals surface area contributed by atoms with E-state index in [4.69, 9.17) is 4.74 Å². The van der Waals surface area contributed by atoms with E-state index in [0.29, 0.717) is 22.8 Å². The van der Waals surface area contributed by atoms with E-state index in [-0.39, 0.29) is 11.7 Å². The zero-order valence-electron chi connectivity index (χ0n) is 17.1. The van der Waals surface area contributed by atoms with Crippen molar-refractivity contribution in [2.45, 2.75) is 36.4 Å². The maximum absolute atomic E-state index is 12.3. The molecule has 162 valence electrons. The van der Waals surface area contributed by atoms with Crippen LogP contribution in [-0.2, 0) is 17.0 Å². The molecule has 0 aliphatic carbocycles. The zero-order valence-corrected chi connectivity index (χ0v) is 18.7. The number of hydrogen-bond acceptors (Lipinski definition) is 7. The number of rotatable bonds is 6. The second-order valence-electron chi connectivity index (χ2n) is 7.74. The molecule has 1 aromatic carbocycles. The van der Waals surface area contributed by atoms with Crippen molar-refractivity contribution >= 4 is 44.2 Å². The number of fused-ring (bicyclic) bond motifs is 2. The maximum Gasteiger partial charge on any atom is 0.268 e. The van der Waals surface area contributed by atoms with E-state index in [2.05, 4.69) is 41.8 Å². The molecule has 0 amide bonds. The van der Waals surface area contributed by atoms with Crippen molar-refractivity contribution in [2.75, 3.05) is 6.61 Å². The Balaban J connectivity index is 1.35. The molecule has 1 fully saturated rings. The fourth-order valence-electron chi connectivity index (χ4n) is 4.13. The fraction of sp³-hybridized carbons (Fsp3) is 0.273. The number of nitrogens with one attached hydrogen (secondary N) is 2. The van der Waals surface area contributed by atoms with Gasteiger partial charge in [-0.2, -0.15) is 0 Å². The molecule has 1 aliphatic heterocycles. The summed E-state index contributed by atoms with van der Waals surface area (Å²) in [5.41, 5.74) is 2.72. The van der Waals surface area contributed by atoms with Gasteiger partial charge in [0.25, 0.3) is 5.56 Å². The van der Waals surface area contributed by atoms with Crippen molar-refractivity contribution in [3.63, 3.8) is 0 Å². The van der Waals surface area contributed by atoms with Crippen molar-refractivity contribution in [1.29, 1.82) is 0 Å². The van der Waals surface area contributed by atoms with Crippen molar-refractivity contribution in [3.05, 3.63) is 58.1 Å². The quantitative estimate of drug-likeness (QED) is 0.365. The molecule has 1 atom stereocenters. The molecule has 32 heavy (non-hydrogen) atoms. The van der Waals surface area contributed by atoms with Gasteiger partial charge in [0.2, 0.25) is 0 Å². The number of aromatic amines is 2. The van der Waals surface area contributed by atoms with Crippen molar-refractivity contribution in [3.8, 4) is 11.4 Å². The van der Waals surface area contributed by atoms with Gasteiger partial charge in [-0.25, -0.2) is 4.98 Å². The third-order valence-corrected chi connectivity index (χ3v) is 7.54. The smallest absolute Gasteiger partial charge is 0.268 e. The molecule has 4 aromatic heterocycles. The fourth-order valence-corrected chi connectivity index (χ4v) is 5.67. The topological polar surface area (TPSA) is 101 Å². The second kappa shape index (κ2) is 8.19. The monoisotopic (exact) mass is 464 g/mol. The minimum Gasteiger partial charge on any atom is -0.376 e. The van der Waals surface area contributed by atoms with Gasteiger partial charge in [0.1, 0.15) is 10.5 Å². The van der Waals surface area contributed by atoms with Gasteiger partial charge in [-0.15, -0.1) is 21.5 Å². The number of benzene rings is 1. The van der Waals surface area contributed by atoms with E-state index >= 15 is 0 Å². The minimum atomic E-state index is -0.0964. The molecule has 0 saturated carbocycles.